The second-order valence-corrected chi connectivity index (χ2v) is 21.6. The summed E-state index contributed by atoms with van der Waals surface area (Å²) in [6.07, 6.45) is 3.39. The van der Waals surface area contributed by atoms with Crippen LogP contribution in [0.2, 0.25) is 0 Å². The van der Waals surface area contributed by atoms with Gasteiger partial charge in [-0.05, 0) is 102 Å². The Kier molecular flexibility index (Phi) is 11.2. The Balaban J connectivity index is 0.000000172. The van der Waals surface area contributed by atoms with Crippen LogP contribution in [0.3, 0.4) is 0 Å². The molecule has 0 N–H and O–H groups in total. The van der Waals surface area contributed by atoms with Crippen LogP contribution in [0.1, 0.15) is 158 Å². The molecule has 0 saturated heterocycles. The molecule has 0 fully saturated rings. The van der Waals surface area contributed by atoms with Crippen LogP contribution in [-0.2, 0) is 19.3 Å². The van der Waals surface area contributed by atoms with Gasteiger partial charge in [-0.3, -0.25) is 0 Å². The Labute approximate surface area is 315 Å². The lowest BCUT2D eigenvalue weighted by Gasteiger charge is -2.29. The topological polar surface area (TPSA) is 0 Å². The Hall–Kier alpha value is -3.12. The van der Waals surface area contributed by atoms with Gasteiger partial charge < -0.3 is 0 Å². The van der Waals surface area contributed by atoms with Crippen molar-refractivity contribution in [1.29, 1.82) is 0 Å². The maximum absolute atomic E-state index is 2.33. The van der Waals surface area contributed by atoms with E-state index in [4.69, 9.17) is 0 Å². The maximum Gasteiger partial charge on any atom is -0.00495 e. The number of rotatable bonds is 0. The van der Waals surface area contributed by atoms with Gasteiger partial charge in [-0.15, -0.1) is 0 Å². The predicted molar refractivity (Wildman–Crippen MR) is 228 cm³/mol. The number of benzene rings is 3. The summed E-state index contributed by atoms with van der Waals surface area (Å²) in [5.41, 5.74) is 20.0. The molecule has 3 aliphatic carbocycles. The fourth-order valence-electron chi connectivity index (χ4n) is 8.57. The van der Waals surface area contributed by atoms with Gasteiger partial charge in [0.2, 0.25) is 0 Å². The highest BCUT2D eigenvalue weighted by Gasteiger charge is 2.36. The lowest BCUT2D eigenvalue weighted by molar-refractivity contribution is 0.479. The van der Waals surface area contributed by atoms with Gasteiger partial charge >= 0.3 is 0 Å². The molecule has 0 aliphatic heterocycles. The zero-order valence-corrected chi connectivity index (χ0v) is 36.0. The summed E-state index contributed by atoms with van der Waals surface area (Å²) in [7, 11) is 0. The first-order valence-corrected chi connectivity index (χ1v) is 19.6. The molecule has 3 aromatic rings. The largest absolute Gasteiger partial charge is 0.0619 e. The van der Waals surface area contributed by atoms with Crippen molar-refractivity contribution in [3.63, 3.8) is 0 Å². The van der Waals surface area contributed by atoms with Crippen molar-refractivity contribution in [1.82, 2.24) is 0 Å². The second kappa shape index (κ2) is 14.0. The van der Waals surface area contributed by atoms with Gasteiger partial charge in [-0.25, -0.2) is 0 Å². The molecule has 0 amide bonds. The van der Waals surface area contributed by atoms with Crippen molar-refractivity contribution >= 4 is 16.7 Å². The van der Waals surface area contributed by atoms with E-state index >= 15 is 0 Å². The van der Waals surface area contributed by atoms with E-state index in [-0.39, 0.29) is 32.5 Å². The molecule has 276 valence electrons. The summed E-state index contributed by atoms with van der Waals surface area (Å²) >= 11 is 0. The normalized spacial score (nSPS) is 16.4. The van der Waals surface area contributed by atoms with Crippen molar-refractivity contribution in [3.05, 3.63) is 123 Å². The first-order chi connectivity index (χ1) is 23.1. The molecule has 0 atom stereocenters. The van der Waals surface area contributed by atoms with Crippen LogP contribution in [0.25, 0.3) is 16.7 Å². The van der Waals surface area contributed by atoms with E-state index < -0.39 is 0 Å². The molecule has 3 aromatic carbocycles. The zero-order chi connectivity index (χ0) is 38.5. The highest BCUT2D eigenvalue weighted by Crippen LogP contribution is 2.51. The molecule has 6 rings (SSSR count). The van der Waals surface area contributed by atoms with Crippen LogP contribution in [-0.4, -0.2) is 0 Å². The average molecular weight is 685 g/mol. The van der Waals surface area contributed by atoms with Crippen molar-refractivity contribution in [2.45, 2.75) is 144 Å². The summed E-state index contributed by atoms with van der Waals surface area (Å²) in [5, 5.41) is 0. The third-order valence-electron chi connectivity index (χ3n) is 10.8. The number of allylic oxidation sites excluding steroid dienone is 6. The van der Waals surface area contributed by atoms with E-state index in [9.17, 15) is 0 Å². The van der Waals surface area contributed by atoms with Gasteiger partial charge in [0.25, 0.3) is 0 Å². The molecular formula is C51H72. The molecule has 0 aromatic heterocycles. The molecule has 0 spiro atoms. The minimum atomic E-state index is 0.231. The van der Waals surface area contributed by atoms with Crippen molar-refractivity contribution < 1.29 is 0 Å². The van der Waals surface area contributed by atoms with E-state index in [1.807, 2.05) is 0 Å². The number of hydrogen-bond acceptors (Lipinski definition) is 0. The summed E-state index contributed by atoms with van der Waals surface area (Å²) in [4.78, 5) is 0. The zero-order valence-electron chi connectivity index (χ0n) is 36.0. The Morgan fingerprint density at radius 1 is 0.275 bits per heavy atom. The third kappa shape index (κ3) is 9.10. The van der Waals surface area contributed by atoms with Gasteiger partial charge in [0, 0.05) is 0 Å². The summed E-state index contributed by atoms with van der Waals surface area (Å²) in [6.45, 7) is 42.0. The minimum absolute atomic E-state index is 0.231. The van der Waals surface area contributed by atoms with E-state index in [0.29, 0.717) is 0 Å². The maximum atomic E-state index is 2.33. The summed E-state index contributed by atoms with van der Waals surface area (Å²) in [6, 6.07) is 26.7. The van der Waals surface area contributed by atoms with Crippen molar-refractivity contribution in [3.8, 4) is 0 Å². The van der Waals surface area contributed by atoms with E-state index in [1.54, 1.807) is 33.4 Å². The quantitative estimate of drug-likeness (QED) is 0.221. The fourth-order valence-corrected chi connectivity index (χ4v) is 8.57. The van der Waals surface area contributed by atoms with E-state index in [2.05, 4.69) is 197 Å². The predicted octanol–water partition coefficient (Wildman–Crippen LogP) is 15.3. The van der Waals surface area contributed by atoms with E-state index in [0.717, 1.165) is 19.3 Å². The molecule has 0 radical (unpaired) electrons. The Bertz CT molecular complexity index is 1600. The molecular weight excluding hydrogens is 613 g/mol. The monoisotopic (exact) mass is 685 g/mol. The van der Waals surface area contributed by atoms with Gasteiger partial charge in [-0.2, -0.15) is 0 Å². The minimum Gasteiger partial charge on any atom is -0.0619 e. The summed E-state index contributed by atoms with van der Waals surface area (Å²) in [5.74, 6) is 0. The number of hydrogen-bond donors (Lipinski definition) is 0. The Morgan fingerprint density at radius 2 is 0.471 bits per heavy atom. The highest BCUT2D eigenvalue weighted by atomic mass is 14.4. The van der Waals surface area contributed by atoms with Crippen LogP contribution in [0.4, 0.5) is 0 Å². The van der Waals surface area contributed by atoms with E-state index in [1.165, 1.54) is 33.4 Å². The average Bonchev–Trinajstić information content (AvgIpc) is 3.68. The van der Waals surface area contributed by atoms with Crippen LogP contribution in [0.5, 0.6) is 0 Å². The fraction of sp³-hybridized carbons (Fsp3) is 0.529. The Morgan fingerprint density at radius 3 is 0.647 bits per heavy atom. The first kappa shape index (κ1) is 40.6. The van der Waals surface area contributed by atoms with Crippen molar-refractivity contribution in [2.24, 2.45) is 32.5 Å². The molecule has 3 aliphatic rings. The molecule has 0 heteroatoms. The van der Waals surface area contributed by atoms with Crippen LogP contribution in [0.15, 0.2) is 89.5 Å². The molecule has 51 heavy (non-hydrogen) atoms. The lowest BCUT2D eigenvalue weighted by Crippen LogP contribution is -2.16. The molecule has 0 saturated carbocycles. The third-order valence-corrected chi connectivity index (χ3v) is 10.8. The molecule has 0 nitrogen and oxygen atoms in total. The van der Waals surface area contributed by atoms with Gasteiger partial charge in [0.1, 0.15) is 0 Å². The first-order valence-electron chi connectivity index (χ1n) is 19.6. The van der Waals surface area contributed by atoms with Gasteiger partial charge in [0.15, 0.2) is 0 Å². The standard InChI is InChI=1S/3C17H24/c3*1-16(2,3)14-11-12-9-7-8-10-13(12)15(14)17(4,5)6/h3*7-10H,11H2,1-6H3. The lowest BCUT2D eigenvalue weighted by atomic mass is 9.75. The number of fused-ring (bicyclic) bond motifs is 3. The van der Waals surface area contributed by atoms with Gasteiger partial charge in [0.05, 0.1) is 0 Å². The molecule has 0 unspecified atom stereocenters. The summed E-state index contributed by atoms with van der Waals surface area (Å²) < 4.78 is 0. The highest BCUT2D eigenvalue weighted by molar-refractivity contribution is 5.82. The van der Waals surface area contributed by atoms with Crippen molar-refractivity contribution in [2.75, 3.05) is 0 Å². The van der Waals surface area contributed by atoms with Crippen LogP contribution >= 0.6 is 0 Å². The molecule has 0 heterocycles. The van der Waals surface area contributed by atoms with Crippen LogP contribution < -0.4 is 0 Å². The van der Waals surface area contributed by atoms with Gasteiger partial charge in [-0.1, -0.05) is 214 Å². The SMILES string of the molecule is CC(C)(C)C1=C(C(C)(C)C)c2ccccc2C1.CC(C)(C)C1=C(C(C)(C)C)c2ccccc2C1.CC(C)(C)C1=C(C(C)(C)C)c2ccccc2C1. The molecule has 0 bridgehead atoms. The smallest absolute Gasteiger partial charge is 0.00495 e. The second-order valence-electron chi connectivity index (χ2n) is 21.6. The van der Waals surface area contributed by atoms with Crippen LogP contribution in [0, 0.1) is 32.5 Å².